The number of carbonyl (C=O) groups excluding carboxylic acids is 1. The molecule has 0 spiro atoms. The van der Waals surface area contributed by atoms with Gasteiger partial charge in [0.1, 0.15) is 0 Å². The molecule has 1 aliphatic rings. The minimum absolute atomic E-state index is 0.207. The van der Waals surface area contributed by atoms with E-state index >= 15 is 0 Å². The molecular weight excluding hydrogens is 424 g/mol. The first kappa shape index (κ1) is 22.9. The summed E-state index contributed by atoms with van der Waals surface area (Å²) in [5, 5.41) is 1.97. The zero-order valence-electron chi connectivity index (χ0n) is 17.4. The summed E-state index contributed by atoms with van der Waals surface area (Å²) in [4.78, 5) is 16.2. The number of nitrogens with zero attached hydrogens (tertiary/aromatic N) is 2. The minimum Gasteiger partial charge on any atom is -0.383 e. The predicted molar refractivity (Wildman–Crippen MR) is 116 cm³/mol. The second kappa shape index (κ2) is 10.5. The maximum absolute atomic E-state index is 13.3. The van der Waals surface area contributed by atoms with Crippen LogP contribution in [0.3, 0.4) is 0 Å². The number of sulfonamides is 1. The highest BCUT2D eigenvalue weighted by Gasteiger charge is 2.29. The van der Waals surface area contributed by atoms with Gasteiger partial charge in [0.25, 0.3) is 5.91 Å². The van der Waals surface area contributed by atoms with Gasteiger partial charge in [-0.05, 0) is 35.6 Å². The highest BCUT2D eigenvalue weighted by molar-refractivity contribution is 7.89. The van der Waals surface area contributed by atoms with Crippen molar-refractivity contribution in [3.05, 3.63) is 51.7 Å². The van der Waals surface area contributed by atoms with E-state index in [-0.39, 0.29) is 10.8 Å². The van der Waals surface area contributed by atoms with E-state index in [0.717, 1.165) is 4.88 Å². The van der Waals surface area contributed by atoms with Gasteiger partial charge in [0.15, 0.2) is 0 Å². The Hall–Kier alpha value is -1.78. The number of hydrogen-bond acceptors (Lipinski definition) is 6. The number of methoxy groups -OCH3 is 1. The number of thiophene rings is 1. The van der Waals surface area contributed by atoms with Gasteiger partial charge in [0, 0.05) is 37.2 Å². The number of ether oxygens (including phenoxy) is 2. The Kier molecular flexibility index (Phi) is 8.01. The van der Waals surface area contributed by atoms with Gasteiger partial charge in [-0.2, -0.15) is 4.31 Å². The van der Waals surface area contributed by atoms with Crippen molar-refractivity contribution < 1.29 is 22.7 Å². The van der Waals surface area contributed by atoms with E-state index in [4.69, 9.17) is 9.47 Å². The maximum Gasteiger partial charge on any atom is 0.254 e. The van der Waals surface area contributed by atoms with E-state index in [9.17, 15) is 13.2 Å². The largest absolute Gasteiger partial charge is 0.383 e. The summed E-state index contributed by atoms with van der Waals surface area (Å²) in [7, 11) is -2.10. The van der Waals surface area contributed by atoms with Gasteiger partial charge >= 0.3 is 0 Å². The van der Waals surface area contributed by atoms with Gasteiger partial charge < -0.3 is 14.4 Å². The van der Waals surface area contributed by atoms with Crippen molar-refractivity contribution in [2.45, 2.75) is 24.8 Å². The number of amides is 1. The molecule has 1 saturated heterocycles. The van der Waals surface area contributed by atoms with Crippen LogP contribution < -0.4 is 0 Å². The summed E-state index contributed by atoms with van der Waals surface area (Å²) in [5.74, 6) is -0.207. The van der Waals surface area contributed by atoms with E-state index in [1.54, 1.807) is 35.5 Å². The Morgan fingerprint density at radius 3 is 2.67 bits per heavy atom. The van der Waals surface area contributed by atoms with E-state index < -0.39 is 10.0 Å². The van der Waals surface area contributed by atoms with Crippen LogP contribution in [-0.4, -0.2) is 70.1 Å². The number of carbonyl (C=O) groups is 1. The van der Waals surface area contributed by atoms with Gasteiger partial charge in [0.05, 0.1) is 31.3 Å². The minimum atomic E-state index is -3.69. The highest BCUT2D eigenvalue weighted by Crippen LogP contribution is 2.25. The van der Waals surface area contributed by atoms with Crippen molar-refractivity contribution in [2.75, 3.05) is 46.6 Å². The monoisotopic (exact) mass is 452 g/mol. The van der Waals surface area contributed by atoms with Gasteiger partial charge in [-0.1, -0.05) is 19.1 Å². The molecule has 164 valence electrons. The Morgan fingerprint density at radius 2 is 2.03 bits per heavy atom. The first-order valence-electron chi connectivity index (χ1n) is 9.98. The average molecular weight is 453 g/mol. The van der Waals surface area contributed by atoms with Crippen LogP contribution in [0.1, 0.15) is 27.7 Å². The van der Waals surface area contributed by atoms with Crippen LogP contribution in [0, 0.1) is 0 Å². The lowest BCUT2D eigenvalue weighted by atomic mass is 10.1. The van der Waals surface area contributed by atoms with Crippen molar-refractivity contribution in [1.29, 1.82) is 0 Å². The maximum atomic E-state index is 13.3. The van der Waals surface area contributed by atoms with Crippen LogP contribution >= 0.6 is 11.3 Å². The summed E-state index contributed by atoms with van der Waals surface area (Å²) in [6.07, 6.45) is 0.565. The van der Waals surface area contributed by atoms with Crippen LogP contribution in [0.25, 0.3) is 0 Å². The molecule has 0 radical (unpaired) electrons. The summed E-state index contributed by atoms with van der Waals surface area (Å²) in [5.41, 5.74) is 1.08. The van der Waals surface area contributed by atoms with E-state index in [1.165, 1.54) is 10.4 Å². The highest BCUT2D eigenvalue weighted by atomic mass is 32.2. The van der Waals surface area contributed by atoms with Gasteiger partial charge in [0.2, 0.25) is 10.0 Å². The normalized spacial score (nSPS) is 15.3. The van der Waals surface area contributed by atoms with Crippen LogP contribution in [0.4, 0.5) is 0 Å². The quantitative estimate of drug-likeness (QED) is 0.585. The lowest BCUT2D eigenvalue weighted by Gasteiger charge is -2.27. The molecule has 0 atom stereocenters. The third kappa shape index (κ3) is 5.28. The van der Waals surface area contributed by atoms with E-state index in [2.05, 4.69) is 0 Å². The Bertz CT molecular complexity index is 938. The molecule has 1 aromatic carbocycles. The smallest absolute Gasteiger partial charge is 0.254 e. The molecule has 0 bridgehead atoms. The Morgan fingerprint density at radius 1 is 1.27 bits per heavy atom. The van der Waals surface area contributed by atoms with Gasteiger partial charge in [-0.3, -0.25) is 4.79 Å². The zero-order chi connectivity index (χ0) is 21.6. The lowest BCUT2D eigenvalue weighted by Crippen LogP contribution is -2.41. The molecule has 2 aromatic rings. The fourth-order valence-electron chi connectivity index (χ4n) is 3.37. The van der Waals surface area contributed by atoms with Crippen molar-refractivity contribution in [2.24, 2.45) is 0 Å². The summed E-state index contributed by atoms with van der Waals surface area (Å²) in [6.45, 7) is 4.61. The second-order valence-electron chi connectivity index (χ2n) is 6.99. The fraction of sp³-hybridized carbons (Fsp3) is 0.476. The molecule has 0 aliphatic carbocycles. The third-order valence-corrected chi connectivity index (χ3v) is 7.90. The van der Waals surface area contributed by atoms with Gasteiger partial charge in [-0.25, -0.2) is 8.42 Å². The average Bonchev–Trinajstić information content (AvgIpc) is 3.29. The third-order valence-electron chi connectivity index (χ3n) is 5.06. The van der Waals surface area contributed by atoms with Crippen LogP contribution in [0.5, 0.6) is 0 Å². The van der Waals surface area contributed by atoms with Crippen molar-refractivity contribution >= 4 is 27.3 Å². The van der Waals surface area contributed by atoms with Gasteiger partial charge in [-0.15, -0.1) is 11.3 Å². The molecule has 1 amide bonds. The summed E-state index contributed by atoms with van der Waals surface area (Å²) in [6, 6.07) is 8.92. The van der Waals surface area contributed by atoms with E-state index in [0.29, 0.717) is 63.5 Å². The molecule has 3 rings (SSSR count). The van der Waals surface area contributed by atoms with Crippen LogP contribution in [0.15, 0.2) is 40.6 Å². The second-order valence-corrected chi connectivity index (χ2v) is 9.93. The SMILES string of the molecule is CCc1ccc(C(=O)N(CCOC)Cc2cccs2)cc1S(=O)(=O)N1CCOCC1. The number of aryl methyl sites for hydroxylation is 1. The standard InChI is InChI=1S/C21H28N2O5S2/c1-3-17-6-7-18(15-20(17)30(25,26)23-9-12-28-13-10-23)21(24)22(8-11-27-2)16-19-5-4-14-29-19/h4-7,14-15H,3,8-13,16H2,1-2H3. The topological polar surface area (TPSA) is 76.2 Å². The molecule has 30 heavy (non-hydrogen) atoms. The number of morpholine rings is 1. The van der Waals surface area contributed by atoms with Crippen LogP contribution in [-0.2, 0) is 32.5 Å². The predicted octanol–water partition coefficient (Wildman–Crippen LogP) is 2.62. The van der Waals surface area contributed by atoms with Crippen LogP contribution in [0.2, 0.25) is 0 Å². The molecule has 1 fully saturated rings. The molecular formula is C21H28N2O5S2. The lowest BCUT2D eigenvalue weighted by molar-refractivity contribution is 0.0681. The van der Waals surface area contributed by atoms with E-state index in [1.807, 2.05) is 24.4 Å². The molecule has 1 aliphatic heterocycles. The molecule has 9 heteroatoms. The Balaban J connectivity index is 1.92. The first-order chi connectivity index (χ1) is 14.5. The summed E-state index contributed by atoms with van der Waals surface area (Å²) < 4.78 is 38.4. The Labute approximate surface area is 182 Å². The summed E-state index contributed by atoms with van der Waals surface area (Å²) >= 11 is 1.58. The van der Waals surface area contributed by atoms with Crippen molar-refractivity contribution in [3.8, 4) is 0 Å². The number of hydrogen-bond donors (Lipinski definition) is 0. The van der Waals surface area contributed by atoms with Crippen molar-refractivity contribution in [1.82, 2.24) is 9.21 Å². The number of rotatable bonds is 9. The molecule has 0 saturated carbocycles. The molecule has 0 unspecified atom stereocenters. The molecule has 2 heterocycles. The molecule has 1 aromatic heterocycles. The molecule has 7 nitrogen and oxygen atoms in total. The van der Waals surface area contributed by atoms with Crippen molar-refractivity contribution in [3.63, 3.8) is 0 Å². The number of benzene rings is 1. The fourth-order valence-corrected chi connectivity index (χ4v) is 5.82. The first-order valence-corrected chi connectivity index (χ1v) is 12.3. The molecule has 0 N–H and O–H groups in total. The zero-order valence-corrected chi connectivity index (χ0v) is 19.0.